The van der Waals surface area contributed by atoms with Gasteiger partial charge in [0.1, 0.15) is 5.69 Å². The third kappa shape index (κ3) is 3.08. The first-order chi connectivity index (χ1) is 7.10. The van der Waals surface area contributed by atoms with Gasteiger partial charge in [-0.2, -0.15) is 5.26 Å². The summed E-state index contributed by atoms with van der Waals surface area (Å²) < 4.78 is 25.5. The van der Waals surface area contributed by atoms with Crippen molar-refractivity contribution < 1.29 is 8.78 Å². The van der Waals surface area contributed by atoms with Gasteiger partial charge in [0, 0.05) is 8.90 Å². The molecule has 1 rings (SSSR count). The number of hydrogen-bond donors (Lipinski definition) is 0. The molecule has 6 heteroatoms. The van der Waals surface area contributed by atoms with Gasteiger partial charge in [-0.15, -0.1) is 0 Å². The molecule has 0 aromatic carbocycles. The summed E-state index contributed by atoms with van der Waals surface area (Å²) in [6, 6.07) is 3.55. The van der Waals surface area contributed by atoms with Crippen LogP contribution in [0.3, 0.4) is 0 Å². The van der Waals surface area contributed by atoms with Gasteiger partial charge < -0.3 is 0 Å². The summed E-state index contributed by atoms with van der Waals surface area (Å²) in [5.41, 5.74) is 0.959. The van der Waals surface area contributed by atoms with Gasteiger partial charge in [-0.3, -0.25) is 0 Å². The van der Waals surface area contributed by atoms with E-state index in [0.717, 1.165) is 5.56 Å². The van der Waals surface area contributed by atoms with E-state index in [9.17, 15) is 8.78 Å². The van der Waals surface area contributed by atoms with Crippen molar-refractivity contribution in [1.82, 2.24) is 4.98 Å². The molecule has 0 unspecified atom stereocenters. The molecule has 80 valence electrons. The second-order valence-corrected chi connectivity index (χ2v) is 4.45. The van der Waals surface area contributed by atoms with Gasteiger partial charge in [0.15, 0.2) is 0 Å². The largest absolute Gasteiger partial charge is 0.281 e. The van der Waals surface area contributed by atoms with E-state index < -0.39 is 6.43 Å². The van der Waals surface area contributed by atoms with E-state index in [4.69, 9.17) is 5.26 Å². The lowest BCUT2D eigenvalue weighted by Crippen LogP contribution is -2.03. The fourth-order valence-electron chi connectivity index (χ4n) is 1.08. The van der Waals surface area contributed by atoms with Crippen molar-refractivity contribution in [2.75, 3.05) is 0 Å². The molecule has 15 heavy (non-hydrogen) atoms. The van der Waals surface area contributed by atoms with Crippen LogP contribution < -0.4 is 0 Å². The number of halogens is 4. The van der Waals surface area contributed by atoms with Crippen LogP contribution in [0.15, 0.2) is 6.07 Å². The minimum atomic E-state index is -2.60. The molecule has 0 spiro atoms. The van der Waals surface area contributed by atoms with Crippen molar-refractivity contribution in [3.63, 3.8) is 0 Å². The van der Waals surface area contributed by atoms with Gasteiger partial charge in [-0.1, -0.05) is 15.9 Å². The van der Waals surface area contributed by atoms with Crippen LogP contribution in [0, 0.1) is 14.9 Å². The summed E-state index contributed by atoms with van der Waals surface area (Å²) in [5, 5.41) is 9.05. The predicted molar refractivity (Wildman–Crippen MR) is 63.9 cm³/mol. The summed E-state index contributed by atoms with van der Waals surface area (Å²) in [6.07, 6.45) is -2.55. The quantitative estimate of drug-likeness (QED) is 0.588. The molecule has 0 aliphatic carbocycles. The van der Waals surface area contributed by atoms with E-state index in [1.807, 2.05) is 28.7 Å². The molecule has 1 aromatic rings. The maximum Gasteiger partial charge on any atom is 0.281 e. The molecule has 2 nitrogen and oxygen atoms in total. The van der Waals surface area contributed by atoms with Gasteiger partial charge in [-0.05, 0) is 34.2 Å². The van der Waals surface area contributed by atoms with Crippen LogP contribution >= 0.6 is 38.5 Å². The highest BCUT2D eigenvalue weighted by Gasteiger charge is 2.16. The first-order valence-electron chi connectivity index (χ1n) is 3.99. The average molecular weight is 387 g/mol. The summed E-state index contributed by atoms with van der Waals surface area (Å²) >= 11 is 5.06. The maximum atomic E-state index is 12.5. The van der Waals surface area contributed by atoms with Crippen LogP contribution in [0.4, 0.5) is 8.78 Å². The van der Waals surface area contributed by atoms with Crippen molar-refractivity contribution >= 4 is 38.5 Å². The van der Waals surface area contributed by atoms with E-state index in [-0.39, 0.29) is 12.1 Å². The Morgan fingerprint density at radius 1 is 1.60 bits per heavy atom. The first kappa shape index (κ1) is 12.8. The normalized spacial score (nSPS) is 10.4. The van der Waals surface area contributed by atoms with E-state index in [0.29, 0.717) is 14.6 Å². The van der Waals surface area contributed by atoms with Crippen molar-refractivity contribution in [3.05, 3.63) is 26.6 Å². The lowest BCUT2D eigenvalue weighted by Gasteiger charge is -2.08. The minimum Gasteiger partial charge on any atom is -0.249 e. The topological polar surface area (TPSA) is 36.7 Å². The average Bonchev–Trinajstić information content (AvgIpc) is 2.20. The fraction of sp³-hybridized carbons (Fsp3) is 0.333. The zero-order valence-corrected chi connectivity index (χ0v) is 11.2. The fourth-order valence-corrected chi connectivity index (χ4v) is 2.29. The number of rotatable bonds is 3. The highest BCUT2D eigenvalue weighted by atomic mass is 127. The van der Waals surface area contributed by atoms with Gasteiger partial charge in [0.2, 0.25) is 0 Å². The highest BCUT2D eigenvalue weighted by Crippen LogP contribution is 2.25. The van der Waals surface area contributed by atoms with Crippen LogP contribution in [0.1, 0.15) is 23.4 Å². The van der Waals surface area contributed by atoms with Gasteiger partial charge in [0.25, 0.3) is 6.43 Å². The van der Waals surface area contributed by atoms with Crippen LogP contribution in [-0.2, 0) is 11.8 Å². The second kappa shape index (κ2) is 5.70. The van der Waals surface area contributed by atoms with Gasteiger partial charge in [-0.25, -0.2) is 13.8 Å². The van der Waals surface area contributed by atoms with Gasteiger partial charge >= 0.3 is 0 Å². The third-order valence-corrected chi connectivity index (χ3v) is 3.24. The Morgan fingerprint density at radius 2 is 2.27 bits per heavy atom. The summed E-state index contributed by atoms with van der Waals surface area (Å²) in [5.74, 6) is 0. The lowest BCUT2D eigenvalue weighted by molar-refractivity contribution is 0.144. The van der Waals surface area contributed by atoms with Crippen molar-refractivity contribution in [3.8, 4) is 6.07 Å². The molecule has 0 aliphatic rings. The lowest BCUT2D eigenvalue weighted by atomic mass is 10.1. The van der Waals surface area contributed by atoms with E-state index in [1.54, 1.807) is 6.07 Å². The van der Waals surface area contributed by atoms with E-state index in [1.165, 1.54) is 0 Å². The second-order valence-electron chi connectivity index (χ2n) is 2.73. The molecule has 0 N–H and O–H groups in total. The number of nitrogens with zero attached hydrogens (tertiary/aromatic N) is 2. The Labute approximate surface area is 108 Å². The summed E-state index contributed by atoms with van der Waals surface area (Å²) in [7, 11) is 0. The molecule has 0 radical (unpaired) electrons. The molecule has 1 heterocycles. The summed E-state index contributed by atoms with van der Waals surface area (Å²) in [4.78, 5) is 3.82. The molecular formula is C9H6BrF2IN2. The molecule has 0 saturated carbocycles. The first-order valence-corrected chi connectivity index (χ1v) is 6.19. The van der Waals surface area contributed by atoms with E-state index in [2.05, 4.69) is 20.9 Å². The number of nitriles is 1. The Kier molecular flexibility index (Phi) is 4.86. The molecular weight excluding hydrogens is 381 g/mol. The molecule has 0 saturated heterocycles. The molecule has 1 aromatic heterocycles. The minimum absolute atomic E-state index is 0.0531. The molecule has 0 aliphatic heterocycles. The summed E-state index contributed by atoms with van der Waals surface area (Å²) in [6.45, 7) is 0. The van der Waals surface area contributed by atoms with Crippen molar-refractivity contribution in [1.29, 1.82) is 5.26 Å². The Hall–Kier alpha value is -0.290. The zero-order valence-electron chi connectivity index (χ0n) is 7.48. The van der Waals surface area contributed by atoms with Gasteiger partial charge in [0.05, 0.1) is 18.2 Å². The molecule has 0 amide bonds. The SMILES string of the molecule is N#CCc1nc(C(F)F)c(I)cc1CBr. The monoisotopic (exact) mass is 386 g/mol. The number of pyridine rings is 1. The zero-order chi connectivity index (χ0) is 11.4. The molecule has 0 atom stereocenters. The Bertz CT molecular complexity index is 404. The standard InChI is InChI=1S/C9H6BrF2IN2/c10-4-5-3-6(13)8(9(11)12)15-7(5)1-2-14/h3,9H,1,4H2. The van der Waals surface area contributed by atoms with Crippen LogP contribution in [0.25, 0.3) is 0 Å². The van der Waals surface area contributed by atoms with E-state index >= 15 is 0 Å². The number of aromatic nitrogens is 1. The van der Waals surface area contributed by atoms with Crippen molar-refractivity contribution in [2.45, 2.75) is 18.2 Å². The predicted octanol–water partition coefficient (Wildman–Crippen LogP) is 3.58. The molecule has 0 bridgehead atoms. The number of hydrogen-bond acceptors (Lipinski definition) is 2. The Morgan fingerprint density at radius 3 is 2.73 bits per heavy atom. The number of alkyl halides is 3. The van der Waals surface area contributed by atoms with Crippen LogP contribution in [0.5, 0.6) is 0 Å². The smallest absolute Gasteiger partial charge is 0.249 e. The highest BCUT2D eigenvalue weighted by molar-refractivity contribution is 14.1. The Balaban J connectivity index is 3.25. The van der Waals surface area contributed by atoms with Crippen LogP contribution in [0.2, 0.25) is 0 Å². The van der Waals surface area contributed by atoms with Crippen LogP contribution in [-0.4, -0.2) is 4.98 Å². The van der Waals surface area contributed by atoms with Crippen molar-refractivity contribution in [2.24, 2.45) is 0 Å². The maximum absolute atomic E-state index is 12.5. The third-order valence-electron chi connectivity index (χ3n) is 1.77. The molecule has 0 fully saturated rings.